The molecule has 0 bridgehead atoms. The van der Waals surface area contributed by atoms with Crippen molar-refractivity contribution in [3.8, 4) is 22.6 Å². The molecule has 0 unspecified atom stereocenters. The van der Waals surface area contributed by atoms with Crippen molar-refractivity contribution in [2.24, 2.45) is 0 Å². The van der Waals surface area contributed by atoms with E-state index in [1.165, 1.54) is 39.2 Å². The maximum absolute atomic E-state index is 12.8. The van der Waals surface area contributed by atoms with Crippen LogP contribution in [0.5, 0.6) is 0 Å². The van der Waals surface area contributed by atoms with Gasteiger partial charge in [0.25, 0.3) is 0 Å². The normalized spacial score (nSPS) is 11.8. The van der Waals surface area contributed by atoms with Gasteiger partial charge in [0.2, 0.25) is 0 Å². The van der Waals surface area contributed by atoms with Crippen LogP contribution in [0.1, 0.15) is 52.8 Å². The Morgan fingerprint density at radius 2 is 1.49 bits per heavy atom. The molecule has 0 saturated heterocycles. The topological polar surface area (TPSA) is 51.8 Å². The zero-order chi connectivity index (χ0) is 33.6. The number of rotatable bonds is 2. The van der Waals surface area contributed by atoms with E-state index in [0.29, 0.717) is 5.82 Å². The second kappa shape index (κ2) is 13.3. The summed E-state index contributed by atoms with van der Waals surface area (Å²) in [7, 11) is 0. The van der Waals surface area contributed by atoms with E-state index in [-0.39, 0.29) is 36.8 Å². The van der Waals surface area contributed by atoms with Crippen LogP contribution in [-0.2, 0) is 30.9 Å². The van der Waals surface area contributed by atoms with Crippen LogP contribution in [0.25, 0.3) is 66.1 Å². The summed E-state index contributed by atoms with van der Waals surface area (Å²) in [6.07, 6.45) is 3.69. The minimum Gasteiger partial charge on any atom is -0.501 e. The third kappa shape index (κ3) is 6.90. The van der Waals surface area contributed by atoms with Gasteiger partial charge in [0.05, 0.1) is 11.4 Å². The Labute approximate surface area is 299 Å². The minimum atomic E-state index is -0.278. The van der Waals surface area contributed by atoms with E-state index in [0.717, 1.165) is 44.5 Å². The number of pyridine rings is 1. The van der Waals surface area contributed by atoms with Gasteiger partial charge in [-0.25, -0.2) is 0 Å². The summed E-state index contributed by atoms with van der Waals surface area (Å²) < 4.78 is 19.2. The van der Waals surface area contributed by atoms with E-state index in [4.69, 9.17) is 9.40 Å². The third-order valence-electron chi connectivity index (χ3n) is 8.62. The first kappa shape index (κ1) is 34.1. The Hall–Kier alpha value is -4.77. The standard InChI is InChI=1S/C28H21N2O.C15H15FN.Ir/c1-28(2,3)25-13-14-29-27(30-25)21-10-6-9-20-23-15-18-12-11-17-7-4-5-8-19(17)22(18)16-24(23)31-26(20)21;1-15(2,3)12-6-9-14(17-10-12)11-4-7-13(16)8-5-11;/h4-9,11-16H,1-3H3;4,6-10H,1-3H3;/q2*-1;. The fraction of sp³-hybridized carbons (Fsp3) is 0.186. The van der Waals surface area contributed by atoms with E-state index in [1.807, 2.05) is 30.6 Å². The fourth-order valence-electron chi connectivity index (χ4n) is 5.87. The Bertz CT molecular complexity index is 2420. The average molecular weight is 822 g/mol. The molecule has 1 radical (unpaired) electrons. The van der Waals surface area contributed by atoms with Crippen LogP contribution in [0, 0.1) is 17.9 Å². The molecule has 6 heteroatoms. The Morgan fingerprint density at radius 3 is 2.20 bits per heavy atom. The maximum Gasteiger partial charge on any atom is 0.121 e. The molecular formula is C43H36FIrN3O-2. The van der Waals surface area contributed by atoms with Crippen LogP contribution in [0.15, 0.2) is 114 Å². The van der Waals surface area contributed by atoms with E-state index < -0.39 is 0 Å². The summed E-state index contributed by atoms with van der Waals surface area (Å²) in [4.78, 5) is 13.8. The second-order valence-electron chi connectivity index (χ2n) is 14.2. The maximum atomic E-state index is 12.8. The monoisotopic (exact) mass is 822 g/mol. The van der Waals surface area contributed by atoms with Crippen LogP contribution < -0.4 is 0 Å². The minimum absolute atomic E-state index is 0. The molecule has 0 N–H and O–H groups in total. The summed E-state index contributed by atoms with van der Waals surface area (Å²) in [5.74, 6) is 0.368. The van der Waals surface area contributed by atoms with Crippen molar-refractivity contribution in [3.63, 3.8) is 0 Å². The first-order valence-corrected chi connectivity index (χ1v) is 16.1. The molecule has 0 aliphatic heterocycles. The average Bonchev–Trinajstić information content (AvgIpc) is 3.45. The molecule has 0 amide bonds. The molecule has 0 saturated carbocycles. The number of fused-ring (bicyclic) bond motifs is 6. The largest absolute Gasteiger partial charge is 0.501 e. The summed E-state index contributed by atoms with van der Waals surface area (Å²) in [6.45, 7) is 12.9. The van der Waals surface area contributed by atoms with Gasteiger partial charge in [-0.2, -0.15) is 0 Å². The number of hydrogen-bond donors (Lipinski definition) is 0. The van der Waals surface area contributed by atoms with E-state index in [2.05, 4.69) is 124 Å². The summed E-state index contributed by atoms with van der Waals surface area (Å²) in [5, 5.41) is 7.02. The molecule has 49 heavy (non-hydrogen) atoms. The zero-order valence-electron chi connectivity index (χ0n) is 28.4. The summed E-state index contributed by atoms with van der Waals surface area (Å²) in [6, 6.07) is 37.8. The molecular weight excluding hydrogens is 786 g/mol. The van der Waals surface area contributed by atoms with Crippen molar-refractivity contribution in [3.05, 3.63) is 139 Å². The molecule has 0 spiro atoms. The van der Waals surface area contributed by atoms with Crippen molar-refractivity contribution in [2.75, 3.05) is 0 Å². The van der Waals surface area contributed by atoms with Gasteiger partial charge in [0.1, 0.15) is 5.58 Å². The van der Waals surface area contributed by atoms with Crippen molar-refractivity contribution < 1.29 is 28.9 Å². The van der Waals surface area contributed by atoms with Gasteiger partial charge in [-0.1, -0.05) is 101 Å². The predicted octanol–water partition coefficient (Wildman–Crippen LogP) is 11.4. The summed E-state index contributed by atoms with van der Waals surface area (Å²) in [5.41, 5.74) is 6.30. The van der Waals surface area contributed by atoms with E-state index in [9.17, 15) is 4.39 Å². The number of hydrogen-bond acceptors (Lipinski definition) is 4. The molecule has 5 aromatic carbocycles. The van der Waals surface area contributed by atoms with Crippen LogP contribution >= 0.6 is 0 Å². The molecule has 3 heterocycles. The van der Waals surface area contributed by atoms with Crippen LogP contribution in [-0.4, -0.2) is 15.0 Å². The van der Waals surface area contributed by atoms with Crippen LogP contribution in [0.4, 0.5) is 4.39 Å². The molecule has 0 fully saturated rings. The molecule has 4 nitrogen and oxygen atoms in total. The number of benzene rings is 5. The fourth-order valence-corrected chi connectivity index (χ4v) is 5.87. The first-order valence-electron chi connectivity index (χ1n) is 16.1. The molecule has 8 aromatic rings. The number of halogens is 1. The molecule has 247 valence electrons. The van der Waals surface area contributed by atoms with Crippen molar-refractivity contribution >= 4 is 43.5 Å². The number of aromatic nitrogens is 3. The first-order chi connectivity index (χ1) is 23.0. The second-order valence-corrected chi connectivity index (χ2v) is 14.2. The molecule has 3 aromatic heterocycles. The van der Waals surface area contributed by atoms with Gasteiger partial charge in [-0.3, -0.25) is 14.4 Å². The quantitative estimate of drug-likeness (QED) is 0.129. The molecule has 0 atom stereocenters. The molecule has 0 aliphatic rings. The zero-order valence-corrected chi connectivity index (χ0v) is 30.7. The smallest absolute Gasteiger partial charge is 0.121 e. The van der Waals surface area contributed by atoms with Gasteiger partial charge < -0.3 is 9.40 Å². The van der Waals surface area contributed by atoms with Crippen molar-refractivity contribution in [1.82, 2.24) is 15.0 Å². The van der Waals surface area contributed by atoms with Crippen molar-refractivity contribution in [1.29, 1.82) is 0 Å². The Kier molecular flexibility index (Phi) is 9.23. The van der Waals surface area contributed by atoms with Gasteiger partial charge in [-0.05, 0) is 56.4 Å². The van der Waals surface area contributed by atoms with Crippen LogP contribution in [0.2, 0.25) is 0 Å². The van der Waals surface area contributed by atoms with Crippen LogP contribution in [0.3, 0.4) is 0 Å². The third-order valence-corrected chi connectivity index (χ3v) is 8.62. The Balaban J connectivity index is 0.000000198. The predicted molar refractivity (Wildman–Crippen MR) is 194 cm³/mol. The van der Waals surface area contributed by atoms with Gasteiger partial charge in [0.15, 0.2) is 0 Å². The molecule has 0 aliphatic carbocycles. The van der Waals surface area contributed by atoms with E-state index in [1.54, 1.807) is 6.07 Å². The summed E-state index contributed by atoms with van der Waals surface area (Å²) >= 11 is 0. The Morgan fingerprint density at radius 1 is 0.694 bits per heavy atom. The molecule has 8 rings (SSSR count). The SMILES string of the molecule is CC(C)(C)c1ccc(-c2[c-]cc(F)cc2)nc1.CC(C)(C)c1ccnc(-c2[c-]ccc3c2oc2cc4c(ccc5ccccc54)cc23)n1.[Ir]. The number of nitrogens with zero attached hydrogens (tertiary/aromatic N) is 3. The van der Waals surface area contributed by atoms with Gasteiger partial charge in [-0.15, -0.1) is 48.0 Å². The number of furan rings is 1. The van der Waals surface area contributed by atoms with E-state index >= 15 is 0 Å². The van der Waals surface area contributed by atoms with Gasteiger partial charge in [0, 0.05) is 54.8 Å². The van der Waals surface area contributed by atoms with Gasteiger partial charge >= 0.3 is 0 Å². The van der Waals surface area contributed by atoms with Crippen molar-refractivity contribution in [2.45, 2.75) is 52.4 Å².